The maximum absolute atomic E-state index is 11.0. The zero-order chi connectivity index (χ0) is 11.3. The van der Waals surface area contributed by atoms with Crippen molar-refractivity contribution >= 4 is 21.3 Å². The second-order valence-corrected chi connectivity index (χ2v) is 4.37. The highest BCUT2D eigenvalue weighted by atomic mass is 32.3. The first-order chi connectivity index (χ1) is 7.55. The summed E-state index contributed by atoms with van der Waals surface area (Å²) < 4.78 is 31.0. The number of phenols is 1. The minimum Gasteiger partial charge on any atom is -0.506 e. The van der Waals surface area contributed by atoms with E-state index in [1.807, 2.05) is 0 Å². The number of rotatable bonds is 0. The molecule has 0 saturated carbocycles. The lowest BCUT2D eigenvalue weighted by molar-refractivity contribution is 0.433. The standard InChI is InChI=1S/C9H5NO5S/c11-6-3-1-2-5-4-7-9(10-8(5)6)15-16(12,13)14-7/h1-4,11H. The van der Waals surface area contributed by atoms with Crippen LogP contribution in [0.2, 0.25) is 0 Å². The summed E-state index contributed by atoms with van der Waals surface area (Å²) in [4.78, 5) is 3.87. The van der Waals surface area contributed by atoms with Gasteiger partial charge in [-0.2, -0.15) is 0 Å². The fourth-order valence-corrected chi connectivity index (χ4v) is 2.18. The van der Waals surface area contributed by atoms with Crippen molar-refractivity contribution in [2.45, 2.75) is 0 Å². The van der Waals surface area contributed by atoms with Crippen LogP contribution in [0.25, 0.3) is 10.9 Å². The third-order valence-corrected chi connectivity index (χ3v) is 2.88. The Labute approximate surface area is 90.4 Å². The summed E-state index contributed by atoms with van der Waals surface area (Å²) in [6.45, 7) is 0. The zero-order valence-corrected chi connectivity index (χ0v) is 8.56. The summed E-state index contributed by atoms with van der Waals surface area (Å²) >= 11 is 0. The van der Waals surface area contributed by atoms with Gasteiger partial charge in [-0.1, -0.05) is 12.1 Å². The molecular weight excluding hydrogens is 234 g/mol. The molecule has 1 aromatic heterocycles. The SMILES string of the molecule is O=S1(=O)Oc2cc3cccc(O)c3nc2O1. The summed E-state index contributed by atoms with van der Waals surface area (Å²) in [7, 11) is -4.04. The van der Waals surface area contributed by atoms with Gasteiger partial charge < -0.3 is 13.5 Å². The highest BCUT2D eigenvalue weighted by Gasteiger charge is 2.30. The molecule has 0 bridgehead atoms. The van der Waals surface area contributed by atoms with Crippen molar-refractivity contribution in [1.29, 1.82) is 0 Å². The summed E-state index contributed by atoms with van der Waals surface area (Å²) in [5, 5.41) is 10.1. The number of aromatic nitrogens is 1. The Morgan fingerprint density at radius 1 is 1.25 bits per heavy atom. The van der Waals surface area contributed by atoms with Crippen LogP contribution in [-0.4, -0.2) is 18.5 Å². The average Bonchev–Trinajstić information content (AvgIpc) is 2.48. The predicted molar refractivity (Wildman–Crippen MR) is 53.6 cm³/mol. The number of phenolic OH excluding ortho intramolecular Hbond substituents is 1. The molecule has 2 aromatic rings. The van der Waals surface area contributed by atoms with E-state index in [0.717, 1.165) is 0 Å². The number of nitrogens with zero attached hydrogens (tertiary/aromatic N) is 1. The molecule has 1 aromatic carbocycles. The van der Waals surface area contributed by atoms with Crippen LogP contribution >= 0.6 is 0 Å². The summed E-state index contributed by atoms with van der Waals surface area (Å²) in [6.07, 6.45) is 0. The van der Waals surface area contributed by atoms with E-state index in [9.17, 15) is 13.5 Å². The topological polar surface area (TPSA) is 85.7 Å². The molecule has 6 nitrogen and oxygen atoms in total. The van der Waals surface area contributed by atoms with Gasteiger partial charge in [-0.15, -0.1) is 8.42 Å². The Morgan fingerprint density at radius 2 is 2.06 bits per heavy atom. The maximum atomic E-state index is 11.0. The lowest BCUT2D eigenvalue weighted by Gasteiger charge is -1.99. The number of aromatic hydroxyl groups is 1. The van der Waals surface area contributed by atoms with Crippen LogP contribution in [0.4, 0.5) is 0 Å². The van der Waals surface area contributed by atoms with Gasteiger partial charge >= 0.3 is 10.4 Å². The van der Waals surface area contributed by atoms with E-state index in [4.69, 9.17) is 0 Å². The lowest BCUT2D eigenvalue weighted by Crippen LogP contribution is -2.08. The Morgan fingerprint density at radius 3 is 2.88 bits per heavy atom. The Hall–Kier alpha value is -2.02. The van der Waals surface area contributed by atoms with Gasteiger partial charge in [0.2, 0.25) is 5.75 Å². The molecule has 7 heteroatoms. The van der Waals surface area contributed by atoms with Crippen molar-refractivity contribution in [1.82, 2.24) is 4.98 Å². The second kappa shape index (κ2) is 2.76. The van der Waals surface area contributed by atoms with Gasteiger partial charge in [-0.25, -0.2) is 4.98 Å². The van der Waals surface area contributed by atoms with E-state index < -0.39 is 10.4 Å². The second-order valence-electron chi connectivity index (χ2n) is 3.22. The van der Waals surface area contributed by atoms with E-state index in [-0.39, 0.29) is 22.9 Å². The quantitative estimate of drug-likeness (QED) is 0.736. The molecule has 0 atom stereocenters. The highest BCUT2D eigenvalue weighted by molar-refractivity contribution is 7.82. The normalized spacial score (nSPS) is 16.5. The van der Waals surface area contributed by atoms with E-state index in [2.05, 4.69) is 13.4 Å². The zero-order valence-electron chi connectivity index (χ0n) is 7.75. The molecule has 0 saturated heterocycles. The van der Waals surface area contributed by atoms with Crippen LogP contribution in [0.3, 0.4) is 0 Å². The van der Waals surface area contributed by atoms with Crippen LogP contribution in [0, 0.1) is 0 Å². The van der Waals surface area contributed by atoms with E-state index in [0.29, 0.717) is 5.39 Å². The van der Waals surface area contributed by atoms with Gasteiger partial charge in [-0.3, -0.25) is 0 Å². The molecule has 16 heavy (non-hydrogen) atoms. The predicted octanol–water partition coefficient (Wildman–Crippen LogP) is 0.956. The monoisotopic (exact) mass is 239 g/mol. The lowest BCUT2D eigenvalue weighted by atomic mass is 10.2. The molecule has 1 N–H and O–H groups in total. The molecule has 0 radical (unpaired) electrons. The Kier molecular flexibility index (Phi) is 1.59. The van der Waals surface area contributed by atoms with Crippen LogP contribution in [0.15, 0.2) is 24.3 Å². The van der Waals surface area contributed by atoms with Crippen LogP contribution in [0.5, 0.6) is 17.4 Å². The molecule has 0 amide bonds. The summed E-state index contributed by atoms with van der Waals surface area (Å²) in [6, 6.07) is 6.20. The van der Waals surface area contributed by atoms with Crippen LogP contribution in [0.1, 0.15) is 0 Å². The van der Waals surface area contributed by atoms with E-state index in [1.165, 1.54) is 12.1 Å². The Bertz CT molecular complexity index is 694. The molecular formula is C9H5NO5S. The first kappa shape index (κ1) is 9.22. The molecule has 3 rings (SSSR count). The fourth-order valence-electron chi connectivity index (χ4n) is 1.49. The average molecular weight is 239 g/mol. The number of hydrogen-bond acceptors (Lipinski definition) is 6. The minimum absolute atomic E-state index is 0.0260. The fraction of sp³-hybridized carbons (Fsp3) is 0. The first-order valence-corrected chi connectivity index (χ1v) is 5.65. The van der Waals surface area contributed by atoms with Gasteiger partial charge in [0.05, 0.1) is 0 Å². The maximum Gasteiger partial charge on any atom is 0.502 e. The largest absolute Gasteiger partial charge is 0.506 e. The van der Waals surface area contributed by atoms with Gasteiger partial charge in [0, 0.05) is 5.39 Å². The highest BCUT2D eigenvalue weighted by Crippen LogP contribution is 2.37. The van der Waals surface area contributed by atoms with Crippen molar-refractivity contribution in [2.75, 3.05) is 0 Å². The van der Waals surface area contributed by atoms with Crippen LogP contribution in [-0.2, 0) is 10.4 Å². The van der Waals surface area contributed by atoms with Gasteiger partial charge in [0.15, 0.2) is 0 Å². The molecule has 0 spiro atoms. The first-order valence-electron chi connectivity index (χ1n) is 4.32. The van der Waals surface area contributed by atoms with Crippen molar-refractivity contribution in [3.63, 3.8) is 0 Å². The number of benzene rings is 1. The summed E-state index contributed by atoms with van der Waals surface area (Å²) in [5.41, 5.74) is 0.266. The number of para-hydroxylation sites is 1. The van der Waals surface area contributed by atoms with Crippen molar-refractivity contribution in [3.8, 4) is 17.4 Å². The minimum atomic E-state index is -4.04. The smallest absolute Gasteiger partial charge is 0.502 e. The molecule has 2 heterocycles. The molecule has 82 valence electrons. The third-order valence-electron chi connectivity index (χ3n) is 2.13. The van der Waals surface area contributed by atoms with Gasteiger partial charge in [0.1, 0.15) is 11.3 Å². The number of hydrogen-bond donors (Lipinski definition) is 1. The molecule has 0 aliphatic carbocycles. The number of pyridine rings is 1. The van der Waals surface area contributed by atoms with Gasteiger partial charge in [0.25, 0.3) is 5.88 Å². The molecule has 0 unspecified atom stereocenters. The van der Waals surface area contributed by atoms with Crippen molar-refractivity contribution < 1.29 is 21.9 Å². The Balaban J connectivity index is 2.34. The van der Waals surface area contributed by atoms with Crippen LogP contribution < -0.4 is 8.37 Å². The molecule has 1 aliphatic heterocycles. The van der Waals surface area contributed by atoms with E-state index in [1.54, 1.807) is 12.1 Å². The van der Waals surface area contributed by atoms with Crippen molar-refractivity contribution in [2.24, 2.45) is 0 Å². The van der Waals surface area contributed by atoms with Crippen molar-refractivity contribution in [3.05, 3.63) is 24.3 Å². The molecule has 0 fully saturated rings. The number of fused-ring (bicyclic) bond motifs is 2. The summed E-state index contributed by atoms with van der Waals surface area (Å²) in [5.74, 6) is -0.180. The van der Waals surface area contributed by atoms with E-state index >= 15 is 0 Å². The third kappa shape index (κ3) is 1.25. The van der Waals surface area contributed by atoms with Gasteiger partial charge in [-0.05, 0) is 12.1 Å². The molecule has 1 aliphatic rings.